The number of aryl methyl sites for hydroxylation is 1. The van der Waals surface area contributed by atoms with E-state index in [0.717, 1.165) is 48.3 Å². The molecule has 0 atom stereocenters. The van der Waals surface area contributed by atoms with Gasteiger partial charge in [-0.3, -0.25) is 4.98 Å². The van der Waals surface area contributed by atoms with Gasteiger partial charge in [0.1, 0.15) is 5.75 Å². The van der Waals surface area contributed by atoms with Gasteiger partial charge in [0.2, 0.25) is 0 Å². The lowest BCUT2D eigenvalue weighted by Crippen LogP contribution is -2.19. The van der Waals surface area contributed by atoms with Crippen molar-refractivity contribution in [2.45, 2.75) is 58.8 Å². The van der Waals surface area contributed by atoms with Crippen molar-refractivity contribution < 1.29 is 4.74 Å². The summed E-state index contributed by atoms with van der Waals surface area (Å²) in [4.78, 5) is 4.59. The average molecular weight is 338 g/mol. The van der Waals surface area contributed by atoms with Crippen molar-refractivity contribution in [3.8, 4) is 17.0 Å². The minimum absolute atomic E-state index is 0.732. The van der Waals surface area contributed by atoms with Gasteiger partial charge in [0.05, 0.1) is 12.3 Å². The van der Waals surface area contributed by atoms with Crippen molar-refractivity contribution in [3.63, 3.8) is 0 Å². The number of pyridine rings is 1. The SMILES string of the molecule is CCCc1ccc(-c2ccc(OCC3CCC(CC)CC3)cc2)nc1. The van der Waals surface area contributed by atoms with E-state index >= 15 is 0 Å². The third-order valence-electron chi connectivity index (χ3n) is 5.54. The maximum Gasteiger partial charge on any atom is 0.119 e. The van der Waals surface area contributed by atoms with E-state index in [-0.39, 0.29) is 0 Å². The quantitative estimate of drug-likeness (QED) is 0.592. The molecule has 0 bridgehead atoms. The van der Waals surface area contributed by atoms with Crippen LogP contribution in [0.15, 0.2) is 42.6 Å². The van der Waals surface area contributed by atoms with Gasteiger partial charge in [-0.25, -0.2) is 0 Å². The molecule has 1 aliphatic carbocycles. The van der Waals surface area contributed by atoms with Gasteiger partial charge in [0, 0.05) is 11.8 Å². The van der Waals surface area contributed by atoms with Crippen molar-refractivity contribution in [2.24, 2.45) is 11.8 Å². The summed E-state index contributed by atoms with van der Waals surface area (Å²) in [6, 6.07) is 12.7. The molecule has 2 nitrogen and oxygen atoms in total. The zero-order valence-electron chi connectivity index (χ0n) is 15.7. The second-order valence-electron chi connectivity index (χ2n) is 7.43. The molecule has 0 spiro atoms. The highest BCUT2D eigenvalue weighted by Crippen LogP contribution is 2.31. The molecule has 1 aromatic heterocycles. The second-order valence-corrected chi connectivity index (χ2v) is 7.43. The topological polar surface area (TPSA) is 22.1 Å². The Bertz CT molecular complexity index is 624. The Morgan fingerprint density at radius 1 is 0.920 bits per heavy atom. The van der Waals surface area contributed by atoms with E-state index in [1.165, 1.54) is 37.7 Å². The number of rotatable bonds is 7. The largest absolute Gasteiger partial charge is 0.493 e. The molecule has 2 heteroatoms. The van der Waals surface area contributed by atoms with E-state index in [4.69, 9.17) is 4.74 Å². The van der Waals surface area contributed by atoms with Crippen LogP contribution in [0.2, 0.25) is 0 Å². The summed E-state index contributed by atoms with van der Waals surface area (Å²) in [7, 11) is 0. The lowest BCUT2D eigenvalue weighted by molar-refractivity contribution is 0.181. The Morgan fingerprint density at radius 2 is 1.64 bits per heavy atom. The Kier molecular flexibility index (Phi) is 6.49. The van der Waals surface area contributed by atoms with Crippen LogP contribution < -0.4 is 4.74 Å². The van der Waals surface area contributed by atoms with Crippen molar-refractivity contribution in [2.75, 3.05) is 6.61 Å². The summed E-state index contributed by atoms with van der Waals surface area (Å²) in [6.07, 6.45) is 11.0. The lowest BCUT2D eigenvalue weighted by Gasteiger charge is -2.27. The van der Waals surface area contributed by atoms with E-state index in [1.54, 1.807) is 0 Å². The summed E-state index contributed by atoms with van der Waals surface area (Å²) in [5, 5.41) is 0. The number of benzene rings is 1. The van der Waals surface area contributed by atoms with Gasteiger partial charge >= 0.3 is 0 Å². The van der Waals surface area contributed by atoms with Crippen LogP contribution in [0, 0.1) is 11.8 Å². The smallest absolute Gasteiger partial charge is 0.119 e. The number of aromatic nitrogens is 1. The third-order valence-corrected chi connectivity index (χ3v) is 5.54. The molecule has 1 fully saturated rings. The second kappa shape index (κ2) is 9.03. The first-order chi connectivity index (χ1) is 12.3. The molecular weight excluding hydrogens is 306 g/mol. The van der Waals surface area contributed by atoms with Crippen LogP contribution in [-0.2, 0) is 6.42 Å². The number of ether oxygens (including phenoxy) is 1. The molecule has 25 heavy (non-hydrogen) atoms. The lowest BCUT2D eigenvalue weighted by atomic mass is 9.81. The zero-order chi connectivity index (χ0) is 17.5. The molecule has 3 rings (SSSR count). The molecule has 0 N–H and O–H groups in total. The van der Waals surface area contributed by atoms with E-state index in [0.29, 0.717) is 0 Å². The average Bonchev–Trinajstić information content (AvgIpc) is 2.68. The highest BCUT2D eigenvalue weighted by atomic mass is 16.5. The molecule has 1 aliphatic rings. The van der Waals surface area contributed by atoms with Crippen molar-refractivity contribution in [1.82, 2.24) is 4.98 Å². The van der Waals surface area contributed by atoms with Crippen molar-refractivity contribution in [1.29, 1.82) is 0 Å². The van der Waals surface area contributed by atoms with Gasteiger partial charge in [-0.2, -0.15) is 0 Å². The fourth-order valence-electron chi connectivity index (χ4n) is 3.77. The molecule has 0 aliphatic heterocycles. The van der Waals surface area contributed by atoms with Gasteiger partial charge in [0.15, 0.2) is 0 Å². The van der Waals surface area contributed by atoms with Crippen LogP contribution in [0.25, 0.3) is 11.3 Å². The minimum Gasteiger partial charge on any atom is -0.493 e. The van der Waals surface area contributed by atoms with Crippen LogP contribution in [0.1, 0.15) is 57.9 Å². The molecule has 0 radical (unpaired) electrons. The standard InChI is InChI=1S/C23H31NO/c1-3-5-19-10-15-23(24-16-19)21-11-13-22(14-12-21)25-17-20-8-6-18(4-2)7-9-20/h10-16,18,20H,3-9,17H2,1-2H3. The molecule has 2 aromatic rings. The zero-order valence-corrected chi connectivity index (χ0v) is 15.7. The molecule has 1 heterocycles. The highest BCUT2D eigenvalue weighted by Gasteiger charge is 2.20. The third kappa shape index (κ3) is 5.07. The normalized spacial score (nSPS) is 20.4. The minimum atomic E-state index is 0.732. The van der Waals surface area contributed by atoms with E-state index < -0.39 is 0 Å². The van der Waals surface area contributed by atoms with Crippen LogP contribution in [0.3, 0.4) is 0 Å². The van der Waals surface area contributed by atoms with E-state index in [9.17, 15) is 0 Å². The van der Waals surface area contributed by atoms with Crippen LogP contribution in [-0.4, -0.2) is 11.6 Å². The van der Waals surface area contributed by atoms with E-state index in [2.05, 4.69) is 55.2 Å². The maximum absolute atomic E-state index is 6.04. The van der Waals surface area contributed by atoms with Gasteiger partial charge in [-0.05, 0) is 67.0 Å². The predicted molar refractivity (Wildman–Crippen MR) is 105 cm³/mol. The molecule has 1 saturated carbocycles. The Labute approximate surface area is 152 Å². The van der Waals surface area contributed by atoms with Gasteiger partial charge < -0.3 is 4.74 Å². The summed E-state index contributed by atoms with van der Waals surface area (Å²) < 4.78 is 6.04. The monoisotopic (exact) mass is 337 g/mol. The van der Waals surface area contributed by atoms with Crippen molar-refractivity contribution in [3.05, 3.63) is 48.2 Å². The Morgan fingerprint density at radius 3 is 2.24 bits per heavy atom. The summed E-state index contributed by atoms with van der Waals surface area (Å²) in [6.45, 7) is 5.37. The molecule has 0 unspecified atom stereocenters. The summed E-state index contributed by atoms with van der Waals surface area (Å²) in [5.41, 5.74) is 3.49. The first kappa shape index (κ1) is 18.0. The molecule has 134 valence electrons. The molecular formula is C23H31NO. The molecule has 0 saturated heterocycles. The van der Waals surface area contributed by atoms with Crippen molar-refractivity contribution >= 4 is 0 Å². The number of hydrogen-bond donors (Lipinski definition) is 0. The number of hydrogen-bond acceptors (Lipinski definition) is 2. The maximum atomic E-state index is 6.04. The summed E-state index contributed by atoms with van der Waals surface area (Å²) in [5.74, 6) is 2.66. The first-order valence-electron chi connectivity index (χ1n) is 9.96. The summed E-state index contributed by atoms with van der Waals surface area (Å²) >= 11 is 0. The van der Waals surface area contributed by atoms with Crippen LogP contribution in [0.5, 0.6) is 5.75 Å². The molecule has 0 amide bonds. The van der Waals surface area contributed by atoms with Gasteiger partial charge in [-0.1, -0.05) is 45.6 Å². The van der Waals surface area contributed by atoms with Gasteiger partial charge in [-0.15, -0.1) is 0 Å². The number of nitrogens with zero attached hydrogens (tertiary/aromatic N) is 1. The van der Waals surface area contributed by atoms with Gasteiger partial charge in [0.25, 0.3) is 0 Å². The fourth-order valence-corrected chi connectivity index (χ4v) is 3.77. The Hall–Kier alpha value is -1.83. The first-order valence-corrected chi connectivity index (χ1v) is 9.96. The van der Waals surface area contributed by atoms with Crippen LogP contribution in [0.4, 0.5) is 0 Å². The fraction of sp³-hybridized carbons (Fsp3) is 0.522. The Balaban J connectivity index is 1.52. The highest BCUT2D eigenvalue weighted by molar-refractivity contribution is 5.60. The molecule has 1 aromatic carbocycles. The van der Waals surface area contributed by atoms with E-state index in [1.807, 2.05) is 6.20 Å². The van der Waals surface area contributed by atoms with Crippen LogP contribution >= 0.6 is 0 Å². The predicted octanol–water partition coefficient (Wildman–Crippen LogP) is 6.30.